The highest BCUT2D eigenvalue weighted by molar-refractivity contribution is 5.29. The van der Waals surface area contributed by atoms with Crippen LogP contribution in [0, 0.1) is 0 Å². The lowest BCUT2D eigenvalue weighted by atomic mass is 9.85. The van der Waals surface area contributed by atoms with Crippen molar-refractivity contribution in [2.24, 2.45) is 0 Å². The molecule has 0 fully saturated rings. The first-order valence-corrected chi connectivity index (χ1v) is 6.15. The monoisotopic (exact) mass is 275 g/mol. The molecule has 0 amide bonds. The van der Waals surface area contributed by atoms with Gasteiger partial charge in [0.25, 0.3) is 0 Å². The number of aliphatic hydroxyl groups is 1. The van der Waals surface area contributed by atoms with Gasteiger partial charge in [-0.2, -0.15) is 13.2 Å². The molecular weight excluding hydrogens is 255 g/mol. The summed E-state index contributed by atoms with van der Waals surface area (Å²) in [5.41, 5.74) is -1.06. The average molecular weight is 275 g/mol. The molecule has 0 radical (unpaired) electrons. The topological polar surface area (TPSA) is 23.5 Å². The van der Waals surface area contributed by atoms with Gasteiger partial charge in [0.1, 0.15) is 0 Å². The number of benzene rings is 1. The first-order valence-electron chi connectivity index (χ1n) is 6.15. The van der Waals surface area contributed by atoms with Crippen LogP contribution in [-0.2, 0) is 6.18 Å². The summed E-state index contributed by atoms with van der Waals surface area (Å²) in [5.74, 6) is 0. The van der Waals surface area contributed by atoms with E-state index in [0.717, 1.165) is 12.1 Å². The van der Waals surface area contributed by atoms with Gasteiger partial charge in [0.05, 0.1) is 11.7 Å². The van der Waals surface area contributed by atoms with Gasteiger partial charge in [-0.05, 0) is 45.1 Å². The Morgan fingerprint density at radius 1 is 1.26 bits per heavy atom. The Morgan fingerprint density at radius 2 is 1.84 bits per heavy atom. The van der Waals surface area contributed by atoms with Crippen LogP contribution in [0.3, 0.4) is 0 Å². The second-order valence-corrected chi connectivity index (χ2v) is 5.13. The Bertz CT molecular complexity index is 431. The quantitative estimate of drug-likeness (QED) is 0.909. The predicted molar refractivity (Wildman–Crippen MR) is 68.8 cm³/mol. The van der Waals surface area contributed by atoms with Crippen LogP contribution >= 0.6 is 0 Å². The molecule has 0 heterocycles. The summed E-state index contributed by atoms with van der Waals surface area (Å²) >= 11 is 0. The molecular formula is C14H20F3NO. The molecule has 2 nitrogen and oxygen atoms in total. The van der Waals surface area contributed by atoms with E-state index >= 15 is 0 Å². The van der Waals surface area contributed by atoms with Gasteiger partial charge in [0, 0.05) is 5.54 Å². The maximum Gasteiger partial charge on any atom is 0.416 e. The third kappa shape index (κ3) is 3.28. The van der Waals surface area contributed by atoms with Gasteiger partial charge in [-0.25, -0.2) is 0 Å². The number of likely N-dealkylation sites (N-methyl/N-ethyl adjacent to an activating group) is 1. The van der Waals surface area contributed by atoms with Crippen LogP contribution in [0.15, 0.2) is 24.3 Å². The molecule has 1 N–H and O–H groups in total. The minimum absolute atomic E-state index is 0.285. The zero-order valence-electron chi connectivity index (χ0n) is 11.6. The largest absolute Gasteiger partial charge is 0.416 e. The second-order valence-electron chi connectivity index (χ2n) is 5.13. The van der Waals surface area contributed by atoms with E-state index in [2.05, 4.69) is 0 Å². The number of halogens is 3. The summed E-state index contributed by atoms with van der Waals surface area (Å²) in [7, 11) is 3.61. The van der Waals surface area contributed by atoms with Crippen LogP contribution in [0.5, 0.6) is 0 Å². The SMILES string of the molecule is CCC(C)(C(O)c1cccc(C(F)(F)F)c1)N(C)C. The molecule has 1 aromatic rings. The zero-order valence-corrected chi connectivity index (χ0v) is 11.6. The molecule has 19 heavy (non-hydrogen) atoms. The molecule has 0 bridgehead atoms. The number of aliphatic hydroxyl groups excluding tert-OH is 1. The molecule has 2 unspecified atom stereocenters. The van der Waals surface area contributed by atoms with Crippen LogP contribution in [0.25, 0.3) is 0 Å². The summed E-state index contributed by atoms with van der Waals surface area (Å²) in [6.07, 6.45) is -4.75. The molecule has 0 aromatic heterocycles. The average Bonchev–Trinajstić information content (AvgIpc) is 2.35. The van der Waals surface area contributed by atoms with Crippen LogP contribution in [-0.4, -0.2) is 29.6 Å². The van der Waals surface area contributed by atoms with Crippen molar-refractivity contribution >= 4 is 0 Å². The summed E-state index contributed by atoms with van der Waals surface area (Å²) < 4.78 is 38.0. The fourth-order valence-electron chi connectivity index (χ4n) is 2.00. The maximum atomic E-state index is 12.7. The predicted octanol–water partition coefficient (Wildman–Crippen LogP) is 3.47. The van der Waals surface area contributed by atoms with Crippen LogP contribution in [0.2, 0.25) is 0 Å². The smallest absolute Gasteiger partial charge is 0.386 e. The lowest BCUT2D eigenvalue weighted by Gasteiger charge is -2.40. The molecule has 1 aromatic carbocycles. The lowest BCUT2D eigenvalue weighted by molar-refractivity contribution is -0.137. The molecule has 108 valence electrons. The first kappa shape index (κ1) is 16.0. The molecule has 0 aliphatic carbocycles. The van der Waals surface area contributed by atoms with Crippen molar-refractivity contribution in [2.75, 3.05) is 14.1 Å². The lowest BCUT2D eigenvalue weighted by Crippen LogP contribution is -2.46. The van der Waals surface area contributed by atoms with E-state index in [9.17, 15) is 18.3 Å². The minimum Gasteiger partial charge on any atom is -0.386 e. The second kappa shape index (κ2) is 5.51. The molecule has 1 rings (SSSR count). The van der Waals surface area contributed by atoms with Crippen molar-refractivity contribution in [3.05, 3.63) is 35.4 Å². The Morgan fingerprint density at radius 3 is 2.26 bits per heavy atom. The van der Waals surface area contributed by atoms with E-state index in [-0.39, 0.29) is 5.56 Å². The van der Waals surface area contributed by atoms with Gasteiger partial charge in [0.15, 0.2) is 0 Å². The van der Waals surface area contributed by atoms with Crippen molar-refractivity contribution in [3.8, 4) is 0 Å². The maximum absolute atomic E-state index is 12.7. The van der Waals surface area contributed by atoms with Crippen LogP contribution < -0.4 is 0 Å². The number of hydrogen-bond acceptors (Lipinski definition) is 2. The first-order chi connectivity index (χ1) is 8.63. The zero-order chi connectivity index (χ0) is 14.8. The van der Waals surface area contributed by atoms with Gasteiger partial charge in [-0.1, -0.05) is 19.1 Å². The van der Waals surface area contributed by atoms with E-state index in [4.69, 9.17) is 0 Å². The normalized spacial score (nSPS) is 17.3. The van der Waals surface area contributed by atoms with Crippen molar-refractivity contribution in [2.45, 2.75) is 38.1 Å². The fraction of sp³-hybridized carbons (Fsp3) is 0.571. The molecule has 0 saturated carbocycles. The Balaban J connectivity index is 3.16. The van der Waals surface area contributed by atoms with E-state index < -0.39 is 23.4 Å². The number of alkyl halides is 3. The van der Waals surface area contributed by atoms with Crippen molar-refractivity contribution in [1.82, 2.24) is 4.90 Å². The molecule has 0 spiro atoms. The number of hydrogen-bond donors (Lipinski definition) is 1. The molecule has 0 aliphatic heterocycles. The fourth-order valence-corrected chi connectivity index (χ4v) is 2.00. The third-order valence-electron chi connectivity index (χ3n) is 3.86. The number of rotatable bonds is 4. The highest BCUT2D eigenvalue weighted by atomic mass is 19.4. The van der Waals surface area contributed by atoms with Crippen molar-refractivity contribution in [1.29, 1.82) is 0 Å². The minimum atomic E-state index is -4.39. The summed E-state index contributed by atoms with van der Waals surface area (Å²) in [5, 5.41) is 10.4. The molecule has 5 heteroatoms. The summed E-state index contributed by atoms with van der Waals surface area (Å²) in [6, 6.07) is 4.88. The van der Waals surface area contributed by atoms with Gasteiger partial charge in [-0.15, -0.1) is 0 Å². The summed E-state index contributed by atoms with van der Waals surface area (Å²) in [6.45, 7) is 3.73. The number of nitrogens with zero attached hydrogens (tertiary/aromatic N) is 1. The third-order valence-corrected chi connectivity index (χ3v) is 3.86. The van der Waals surface area contributed by atoms with Crippen LogP contribution in [0.4, 0.5) is 13.2 Å². The van der Waals surface area contributed by atoms with E-state index in [1.807, 2.05) is 18.7 Å². The van der Waals surface area contributed by atoms with E-state index in [1.54, 1.807) is 14.1 Å². The Hall–Kier alpha value is -1.07. The highest BCUT2D eigenvalue weighted by Crippen LogP contribution is 2.36. The molecule has 0 saturated heterocycles. The standard InChI is InChI=1S/C14H20F3NO/c1-5-13(2,18(3)4)12(19)10-7-6-8-11(9-10)14(15,16)17/h6-9,12,19H,5H2,1-4H3. The molecule has 2 atom stereocenters. The van der Waals surface area contributed by atoms with E-state index in [1.165, 1.54) is 12.1 Å². The highest BCUT2D eigenvalue weighted by Gasteiger charge is 2.36. The van der Waals surface area contributed by atoms with Gasteiger partial charge in [-0.3, -0.25) is 0 Å². The Labute approximate surface area is 111 Å². The Kier molecular flexibility index (Phi) is 4.63. The van der Waals surface area contributed by atoms with Gasteiger partial charge >= 0.3 is 6.18 Å². The van der Waals surface area contributed by atoms with Crippen LogP contribution in [0.1, 0.15) is 37.5 Å². The van der Waals surface area contributed by atoms with E-state index in [0.29, 0.717) is 6.42 Å². The van der Waals surface area contributed by atoms with Gasteiger partial charge < -0.3 is 10.0 Å². The van der Waals surface area contributed by atoms with Crippen molar-refractivity contribution < 1.29 is 18.3 Å². The van der Waals surface area contributed by atoms with Gasteiger partial charge in [0.2, 0.25) is 0 Å². The summed E-state index contributed by atoms with van der Waals surface area (Å²) in [4.78, 5) is 1.83. The van der Waals surface area contributed by atoms with Crippen molar-refractivity contribution in [3.63, 3.8) is 0 Å². The molecule has 0 aliphatic rings.